The fraction of sp³-hybridized carbons (Fsp3) is 0.667. The molecule has 0 amide bonds. The van der Waals surface area contributed by atoms with Gasteiger partial charge < -0.3 is 10.5 Å². The zero-order chi connectivity index (χ0) is 9.84. The molecule has 0 fully saturated rings. The molecule has 0 aromatic carbocycles. The molecule has 0 spiro atoms. The molecule has 1 heterocycles. The van der Waals surface area contributed by atoms with E-state index in [4.69, 9.17) is 10.5 Å². The highest BCUT2D eigenvalue weighted by Crippen LogP contribution is 2.12. The molecule has 0 radical (unpaired) electrons. The molecule has 74 valence electrons. The van der Waals surface area contributed by atoms with Crippen LogP contribution in [0.15, 0.2) is 6.07 Å². The van der Waals surface area contributed by atoms with Gasteiger partial charge in [-0.1, -0.05) is 0 Å². The van der Waals surface area contributed by atoms with Gasteiger partial charge in [0.1, 0.15) is 0 Å². The second-order valence-electron chi connectivity index (χ2n) is 3.09. The van der Waals surface area contributed by atoms with Crippen LogP contribution in [0.25, 0.3) is 0 Å². The number of hydrogen-bond donors (Lipinski definition) is 1. The highest BCUT2D eigenvalue weighted by molar-refractivity contribution is 5.12. The summed E-state index contributed by atoms with van der Waals surface area (Å²) >= 11 is 0. The van der Waals surface area contributed by atoms with Crippen LogP contribution in [0.2, 0.25) is 0 Å². The van der Waals surface area contributed by atoms with E-state index in [0.29, 0.717) is 6.61 Å². The Hall–Kier alpha value is -0.870. The van der Waals surface area contributed by atoms with Gasteiger partial charge in [-0.3, -0.25) is 4.68 Å². The Morgan fingerprint density at radius 2 is 2.38 bits per heavy atom. The lowest BCUT2D eigenvalue weighted by Crippen LogP contribution is -2.20. The number of aromatic nitrogens is 2. The Labute approximate surface area is 78.7 Å². The predicted octanol–water partition coefficient (Wildman–Crippen LogP) is 0.858. The van der Waals surface area contributed by atoms with E-state index >= 15 is 0 Å². The summed E-state index contributed by atoms with van der Waals surface area (Å²) in [5.74, 6) is 0. The zero-order valence-electron chi connectivity index (χ0n) is 8.45. The number of methoxy groups -OCH3 is 1. The summed E-state index contributed by atoms with van der Waals surface area (Å²) in [7, 11) is 1.65. The van der Waals surface area contributed by atoms with Gasteiger partial charge in [-0.25, -0.2) is 0 Å². The van der Waals surface area contributed by atoms with Crippen LogP contribution in [0, 0.1) is 6.92 Å². The maximum atomic E-state index is 5.91. The SMILES string of the molecule is CCn1nc(C)cc1C(N)COC. The van der Waals surface area contributed by atoms with Crippen LogP contribution >= 0.6 is 0 Å². The Morgan fingerprint density at radius 1 is 1.69 bits per heavy atom. The molecule has 0 bridgehead atoms. The third kappa shape index (κ3) is 2.29. The summed E-state index contributed by atoms with van der Waals surface area (Å²) in [6.07, 6.45) is 0. The van der Waals surface area contributed by atoms with Crippen LogP contribution in [-0.4, -0.2) is 23.5 Å². The average Bonchev–Trinajstić information content (AvgIpc) is 2.47. The quantitative estimate of drug-likeness (QED) is 0.753. The summed E-state index contributed by atoms with van der Waals surface area (Å²) < 4.78 is 6.92. The molecule has 0 saturated carbocycles. The zero-order valence-corrected chi connectivity index (χ0v) is 8.45. The first-order chi connectivity index (χ1) is 6.19. The first kappa shape index (κ1) is 10.2. The maximum absolute atomic E-state index is 5.91. The highest BCUT2D eigenvalue weighted by atomic mass is 16.5. The Kier molecular flexibility index (Phi) is 3.45. The third-order valence-electron chi connectivity index (χ3n) is 1.96. The number of aryl methyl sites for hydroxylation is 2. The van der Waals surface area contributed by atoms with Crippen molar-refractivity contribution in [1.82, 2.24) is 9.78 Å². The maximum Gasteiger partial charge on any atom is 0.0704 e. The monoisotopic (exact) mass is 183 g/mol. The van der Waals surface area contributed by atoms with Crippen LogP contribution in [0.1, 0.15) is 24.4 Å². The van der Waals surface area contributed by atoms with Gasteiger partial charge in [-0.15, -0.1) is 0 Å². The van der Waals surface area contributed by atoms with E-state index in [1.165, 1.54) is 0 Å². The third-order valence-corrected chi connectivity index (χ3v) is 1.96. The lowest BCUT2D eigenvalue weighted by Gasteiger charge is -2.11. The van der Waals surface area contributed by atoms with E-state index < -0.39 is 0 Å². The molecular formula is C9H17N3O. The second-order valence-corrected chi connectivity index (χ2v) is 3.09. The van der Waals surface area contributed by atoms with Crippen molar-refractivity contribution in [3.8, 4) is 0 Å². The molecule has 1 unspecified atom stereocenters. The van der Waals surface area contributed by atoms with Gasteiger partial charge in [-0.2, -0.15) is 5.10 Å². The Bertz CT molecular complexity index is 270. The number of nitrogens with two attached hydrogens (primary N) is 1. The molecule has 4 heteroatoms. The number of rotatable bonds is 4. The molecule has 0 aliphatic rings. The van der Waals surface area contributed by atoms with E-state index in [1.54, 1.807) is 7.11 Å². The van der Waals surface area contributed by atoms with Crippen LogP contribution in [-0.2, 0) is 11.3 Å². The topological polar surface area (TPSA) is 53.1 Å². The summed E-state index contributed by atoms with van der Waals surface area (Å²) in [4.78, 5) is 0. The van der Waals surface area contributed by atoms with Gasteiger partial charge >= 0.3 is 0 Å². The number of nitrogens with zero attached hydrogens (tertiary/aromatic N) is 2. The number of ether oxygens (including phenoxy) is 1. The molecule has 4 nitrogen and oxygen atoms in total. The molecule has 0 aliphatic heterocycles. The van der Waals surface area contributed by atoms with Crippen LogP contribution in [0.4, 0.5) is 0 Å². The van der Waals surface area contributed by atoms with Crippen molar-refractivity contribution in [2.75, 3.05) is 13.7 Å². The van der Waals surface area contributed by atoms with E-state index in [2.05, 4.69) is 12.0 Å². The first-order valence-electron chi connectivity index (χ1n) is 4.48. The van der Waals surface area contributed by atoms with E-state index in [1.807, 2.05) is 17.7 Å². The molecular weight excluding hydrogens is 166 g/mol. The average molecular weight is 183 g/mol. The summed E-state index contributed by atoms with van der Waals surface area (Å²) in [5.41, 5.74) is 7.96. The van der Waals surface area contributed by atoms with Crippen molar-refractivity contribution in [1.29, 1.82) is 0 Å². The molecule has 1 aromatic heterocycles. The molecule has 1 aromatic rings. The Balaban J connectivity index is 2.84. The molecule has 1 rings (SSSR count). The van der Waals surface area contributed by atoms with Crippen molar-refractivity contribution in [2.45, 2.75) is 26.4 Å². The van der Waals surface area contributed by atoms with Crippen molar-refractivity contribution in [3.05, 3.63) is 17.5 Å². The van der Waals surface area contributed by atoms with Gasteiger partial charge in [0.2, 0.25) is 0 Å². The van der Waals surface area contributed by atoms with Crippen molar-refractivity contribution in [3.63, 3.8) is 0 Å². The fourth-order valence-corrected chi connectivity index (χ4v) is 1.38. The summed E-state index contributed by atoms with van der Waals surface area (Å²) in [6.45, 7) is 5.40. The van der Waals surface area contributed by atoms with Crippen molar-refractivity contribution >= 4 is 0 Å². The molecule has 0 saturated heterocycles. The van der Waals surface area contributed by atoms with Gasteiger partial charge in [-0.05, 0) is 19.9 Å². The normalized spacial score (nSPS) is 13.2. The molecule has 0 aliphatic carbocycles. The van der Waals surface area contributed by atoms with Crippen LogP contribution < -0.4 is 5.73 Å². The standard InChI is InChI=1S/C9H17N3O/c1-4-12-9(5-7(2)11-12)8(10)6-13-3/h5,8H,4,6,10H2,1-3H3. The van der Waals surface area contributed by atoms with Crippen molar-refractivity contribution in [2.24, 2.45) is 5.73 Å². The molecule has 1 atom stereocenters. The first-order valence-corrected chi connectivity index (χ1v) is 4.48. The minimum absolute atomic E-state index is 0.0776. The van der Waals surface area contributed by atoms with Crippen LogP contribution in [0.5, 0.6) is 0 Å². The summed E-state index contributed by atoms with van der Waals surface area (Å²) in [5, 5.41) is 4.31. The van der Waals surface area contributed by atoms with Gasteiger partial charge in [0.05, 0.1) is 24.0 Å². The lowest BCUT2D eigenvalue weighted by atomic mass is 10.2. The van der Waals surface area contributed by atoms with E-state index in [0.717, 1.165) is 17.9 Å². The van der Waals surface area contributed by atoms with Crippen molar-refractivity contribution < 1.29 is 4.74 Å². The highest BCUT2D eigenvalue weighted by Gasteiger charge is 2.11. The molecule has 13 heavy (non-hydrogen) atoms. The smallest absolute Gasteiger partial charge is 0.0704 e. The number of hydrogen-bond acceptors (Lipinski definition) is 3. The van der Waals surface area contributed by atoms with E-state index in [9.17, 15) is 0 Å². The van der Waals surface area contributed by atoms with Gasteiger partial charge in [0, 0.05) is 13.7 Å². The van der Waals surface area contributed by atoms with Gasteiger partial charge in [0.25, 0.3) is 0 Å². The fourth-order valence-electron chi connectivity index (χ4n) is 1.38. The van der Waals surface area contributed by atoms with Crippen LogP contribution in [0.3, 0.4) is 0 Å². The minimum Gasteiger partial charge on any atom is -0.383 e. The van der Waals surface area contributed by atoms with E-state index in [-0.39, 0.29) is 6.04 Å². The Morgan fingerprint density at radius 3 is 2.92 bits per heavy atom. The van der Waals surface area contributed by atoms with Gasteiger partial charge in [0.15, 0.2) is 0 Å². The second kappa shape index (κ2) is 4.39. The predicted molar refractivity (Wildman–Crippen MR) is 51.4 cm³/mol. The largest absolute Gasteiger partial charge is 0.383 e. The summed E-state index contributed by atoms with van der Waals surface area (Å²) in [6, 6.07) is 1.93. The minimum atomic E-state index is -0.0776. The lowest BCUT2D eigenvalue weighted by molar-refractivity contribution is 0.178. The molecule has 2 N–H and O–H groups in total.